The van der Waals surface area contributed by atoms with E-state index >= 15 is 0 Å². The van der Waals surface area contributed by atoms with E-state index in [0.717, 1.165) is 32.5 Å². The average molecular weight is 296 g/mol. The molecule has 0 saturated carbocycles. The van der Waals surface area contributed by atoms with Crippen molar-refractivity contribution in [3.8, 4) is 0 Å². The molecule has 0 aliphatic carbocycles. The maximum atomic E-state index is 12.6. The van der Waals surface area contributed by atoms with E-state index in [2.05, 4.69) is 24.1 Å². The number of urea groups is 1. The van der Waals surface area contributed by atoms with Crippen molar-refractivity contribution in [2.24, 2.45) is 0 Å². The van der Waals surface area contributed by atoms with E-state index in [0.29, 0.717) is 19.6 Å². The highest BCUT2D eigenvalue weighted by molar-refractivity contribution is 5.83. The number of nitrogens with zero attached hydrogens (tertiary/aromatic N) is 3. The first-order valence-electron chi connectivity index (χ1n) is 8.12. The van der Waals surface area contributed by atoms with E-state index in [4.69, 9.17) is 0 Å². The predicted molar refractivity (Wildman–Crippen MR) is 82.1 cm³/mol. The molecule has 1 N–H and O–H groups in total. The molecule has 2 aliphatic heterocycles. The Hall–Kier alpha value is -1.30. The normalized spacial score (nSPS) is 24.6. The maximum Gasteiger partial charge on any atom is 0.317 e. The highest BCUT2D eigenvalue weighted by Gasteiger charge is 2.36. The van der Waals surface area contributed by atoms with Gasteiger partial charge in [-0.25, -0.2) is 4.79 Å². The zero-order valence-electron chi connectivity index (χ0n) is 13.5. The van der Waals surface area contributed by atoms with E-state index < -0.39 is 0 Å². The minimum Gasteiger partial charge on any atom is -0.339 e. The Morgan fingerprint density at radius 2 is 1.90 bits per heavy atom. The van der Waals surface area contributed by atoms with Crippen LogP contribution in [-0.2, 0) is 4.79 Å². The van der Waals surface area contributed by atoms with Gasteiger partial charge in [0.15, 0.2) is 0 Å². The first-order valence-corrected chi connectivity index (χ1v) is 8.12. The van der Waals surface area contributed by atoms with Crippen LogP contribution in [-0.4, -0.2) is 78.0 Å². The van der Waals surface area contributed by atoms with E-state index in [9.17, 15) is 9.59 Å². The Labute approximate surface area is 127 Å². The third kappa shape index (κ3) is 3.67. The molecule has 0 aromatic carbocycles. The van der Waals surface area contributed by atoms with Crippen LogP contribution in [0, 0.1) is 0 Å². The minimum atomic E-state index is 0.0101. The number of nitrogens with one attached hydrogen (secondary N) is 1. The molecule has 1 atom stereocenters. The van der Waals surface area contributed by atoms with Gasteiger partial charge in [0.05, 0.1) is 6.04 Å². The fraction of sp³-hybridized carbons (Fsp3) is 0.867. The van der Waals surface area contributed by atoms with Crippen LogP contribution in [0.4, 0.5) is 4.79 Å². The number of carbonyl (C=O) groups is 2. The summed E-state index contributed by atoms with van der Waals surface area (Å²) in [5, 5.41) is 2.83. The number of hydrogen-bond acceptors (Lipinski definition) is 3. The molecule has 2 fully saturated rings. The molecule has 120 valence electrons. The number of hydrogen-bond donors (Lipinski definition) is 1. The van der Waals surface area contributed by atoms with Gasteiger partial charge in [0.25, 0.3) is 0 Å². The van der Waals surface area contributed by atoms with Crippen LogP contribution in [0.15, 0.2) is 0 Å². The smallest absolute Gasteiger partial charge is 0.317 e. The van der Waals surface area contributed by atoms with Gasteiger partial charge in [-0.3, -0.25) is 9.69 Å². The van der Waals surface area contributed by atoms with Crippen molar-refractivity contribution in [3.05, 3.63) is 0 Å². The summed E-state index contributed by atoms with van der Waals surface area (Å²) in [7, 11) is 0. The van der Waals surface area contributed by atoms with Gasteiger partial charge in [-0.15, -0.1) is 0 Å². The highest BCUT2D eigenvalue weighted by atomic mass is 16.2. The summed E-state index contributed by atoms with van der Waals surface area (Å²) < 4.78 is 0. The summed E-state index contributed by atoms with van der Waals surface area (Å²) in [5.41, 5.74) is 0. The van der Waals surface area contributed by atoms with Gasteiger partial charge in [-0.2, -0.15) is 0 Å². The van der Waals surface area contributed by atoms with Gasteiger partial charge in [0.1, 0.15) is 0 Å². The van der Waals surface area contributed by atoms with Crippen molar-refractivity contribution in [1.29, 1.82) is 0 Å². The standard InChI is InChI=1S/C15H28N4O2/c1-4-16-15(21)18-10-8-17(9-11-18)13-6-5-7-19(12(2)3)14(13)20/h12-13H,4-11H2,1-3H3,(H,16,21). The second-order valence-electron chi connectivity index (χ2n) is 6.14. The molecule has 0 radical (unpaired) electrons. The molecule has 2 rings (SSSR count). The lowest BCUT2D eigenvalue weighted by atomic mass is 10.0. The second-order valence-corrected chi connectivity index (χ2v) is 6.14. The SMILES string of the molecule is CCNC(=O)N1CCN(C2CCCN(C(C)C)C2=O)CC1. The summed E-state index contributed by atoms with van der Waals surface area (Å²) in [5.74, 6) is 0.266. The van der Waals surface area contributed by atoms with Crippen molar-refractivity contribution in [1.82, 2.24) is 20.0 Å². The molecule has 2 heterocycles. The predicted octanol–water partition coefficient (Wildman–Crippen LogP) is 0.733. The third-order valence-corrected chi connectivity index (χ3v) is 4.44. The van der Waals surface area contributed by atoms with Crippen molar-refractivity contribution < 1.29 is 9.59 Å². The second kappa shape index (κ2) is 7.11. The summed E-state index contributed by atoms with van der Waals surface area (Å²) in [6.45, 7) is 10.6. The van der Waals surface area contributed by atoms with Crippen LogP contribution in [0.3, 0.4) is 0 Å². The van der Waals surface area contributed by atoms with Crippen LogP contribution < -0.4 is 5.32 Å². The molecule has 6 heteroatoms. The van der Waals surface area contributed by atoms with Gasteiger partial charge in [-0.05, 0) is 33.6 Å². The topological polar surface area (TPSA) is 55.9 Å². The highest BCUT2D eigenvalue weighted by Crippen LogP contribution is 2.20. The largest absolute Gasteiger partial charge is 0.339 e. The Balaban J connectivity index is 1.89. The monoisotopic (exact) mass is 296 g/mol. The van der Waals surface area contributed by atoms with E-state index in [-0.39, 0.29) is 24.0 Å². The van der Waals surface area contributed by atoms with Gasteiger partial charge in [-0.1, -0.05) is 0 Å². The molecule has 2 aliphatic rings. The van der Waals surface area contributed by atoms with E-state index in [1.807, 2.05) is 16.7 Å². The lowest BCUT2D eigenvalue weighted by Gasteiger charge is -2.43. The van der Waals surface area contributed by atoms with Crippen LogP contribution in [0.2, 0.25) is 0 Å². The van der Waals surface area contributed by atoms with Crippen LogP contribution >= 0.6 is 0 Å². The maximum absolute atomic E-state index is 12.6. The quantitative estimate of drug-likeness (QED) is 0.835. The lowest BCUT2D eigenvalue weighted by Crippen LogP contribution is -2.60. The van der Waals surface area contributed by atoms with Gasteiger partial charge < -0.3 is 15.1 Å². The number of carbonyl (C=O) groups excluding carboxylic acids is 2. The number of likely N-dealkylation sites (tertiary alicyclic amines) is 1. The fourth-order valence-electron chi connectivity index (χ4n) is 3.23. The van der Waals surface area contributed by atoms with Crippen LogP contribution in [0.25, 0.3) is 0 Å². The summed E-state index contributed by atoms with van der Waals surface area (Å²) in [6.07, 6.45) is 2.02. The molecule has 2 saturated heterocycles. The zero-order chi connectivity index (χ0) is 15.4. The van der Waals surface area contributed by atoms with Crippen molar-refractivity contribution >= 4 is 11.9 Å². The molecule has 1 unspecified atom stereocenters. The molecule has 0 aromatic rings. The molecule has 21 heavy (non-hydrogen) atoms. The Morgan fingerprint density at radius 1 is 1.24 bits per heavy atom. The van der Waals surface area contributed by atoms with Gasteiger partial charge >= 0.3 is 6.03 Å². The number of rotatable bonds is 3. The van der Waals surface area contributed by atoms with Crippen LogP contribution in [0.1, 0.15) is 33.6 Å². The number of amides is 3. The number of piperidine rings is 1. The molecular formula is C15H28N4O2. The first kappa shape index (κ1) is 16.1. The average Bonchev–Trinajstić information content (AvgIpc) is 2.47. The molecule has 0 bridgehead atoms. The van der Waals surface area contributed by atoms with Crippen molar-refractivity contribution in [3.63, 3.8) is 0 Å². The third-order valence-electron chi connectivity index (χ3n) is 4.44. The zero-order valence-corrected chi connectivity index (χ0v) is 13.5. The van der Waals surface area contributed by atoms with Crippen LogP contribution in [0.5, 0.6) is 0 Å². The minimum absolute atomic E-state index is 0.0101. The summed E-state index contributed by atoms with van der Waals surface area (Å²) in [4.78, 5) is 30.5. The number of piperazine rings is 1. The molecule has 3 amide bonds. The summed E-state index contributed by atoms with van der Waals surface area (Å²) in [6, 6.07) is 0.297. The van der Waals surface area contributed by atoms with Crippen molar-refractivity contribution in [2.45, 2.75) is 45.7 Å². The molecule has 6 nitrogen and oxygen atoms in total. The van der Waals surface area contributed by atoms with Crippen molar-refractivity contribution in [2.75, 3.05) is 39.3 Å². The summed E-state index contributed by atoms with van der Waals surface area (Å²) >= 11 is 0. The molecule has 0 aromatic heterocycles. The van der Waals surface area contributed by atoms with Gasteiger partial charge in [0, 0.05) is 45.3 Å². The Kier molecular flexibility index (Phi) is 5.45. The molecular weight excluding hydrogens is 268 g/mol. The van der Waals surface area contributed by atoms with Gasteiger partial charge in [0.2, 0.25) is 5.91 Å². The Bertz CT molecular complexity index is 378. The fourth-order valence-corrected chi connectivity index (χ4v) is 3.23. The first-order chi connectivity index (χ1) is 10.0. The Morgan fingerprint density at radius 3 is 2.48 bits per heavy atom. The molecule has 0 spiro atoms. The van der Waals surface area contributed by atoms with E-state index in [1.54, 1.807) is 0 Å². The van der Waals surface area contributed by atoms with E-state index in [1.165, 1.54) is 0 Å². The lowest BCUT2D eigenvalue weighted by molar-refractivity contribution is -0.142.